The highest BCUT2D eigenvalue weighted by Crippen LogP contribution is 2.15. The van der Waals surface area contributed by atoms with Crippen LogP contribution in [0.4, 0.5) is 0 Å². The minimum absolute atomic E-state index is 0.0735. The molecule has 114 valence electrons. The van der Waals surface area contributed by atoms with Gasteiger partial charge in [0.2, 0.25) is 5.91 Å². The Morgan fingerprint density at radius 2 is 2.00 bits per heavy atom. The zero-order valence-corrected chi connectivity index (χ0v) is 13.1. The quantitative estimate of drug-likeness (QED) is 0.851. The summed E-state index contributed by atoms with van der Waals surface area (Å²) in [6.45, 7) is 4.28. The van der Waals surface area contributed by atoms with Gasteiger partial charge in [0, 0.05) is 25.6 Å². The Morgan fingerprint density at radius 3 is 2.55 bits per heavy atom. The molecular weight excluding hydrogens is 278 g/mol. The van der Waals surface area contributed by atoms with Crippen molar-refractivity contribution in [2.45, 2.75) is 33.2 Å². The second-order valence-corrected chi connectivity index (χ2v) is 5.36. The molecule has 0 N–H and O–H groups in total. The Morgan fingerprint density at radius 1 is 1.32 bits per heavy atom. The maximum absolute atomic E-state index is 12.2. The number of amides is 1. The highest BCUT2D eigenvalue weighted by atomic mass is 16.5. The Kier molecular flexibility index (Phi) is 4.95. The summed E-state index contributed by atoms with van der Waals surface area (Å²) in [5.74, 6) is 0.851. The summed E-state index contributed by atoms with van der Waals surface area (Å²) in [7, 11) is 1.79. The van der Waals surface area contributed by atoms with Crippen LogP contribution in [0.1, 0.15) is 34.6 Å². The number of hydrogen-bond donors (Lipinski definition) is 0. The number of carbonyl (C=O) groups is 1. The fourth-order valence-electron chi connectivity index (χ4n) is 2.33. The van der Waals surface area contributed by atoms with Crippen LogP contribution in [0.15, 0.2) is 28.8 Å². The van der Waals surface area contributed by atoms with E-state index in [2.05, 4.69) is 11.2 Å². The highest BCUT2D eigenvalue weighted by molar-refractivity contribution is 5.76. The monoisotopic (exact) mass is 297 g/mol. The van der Waals surface area contributed by atoms with Crippen LogP contribution >= 0.6 is 0 Å². The standard InChI is InChI=1S/C17H19N3O2/c1-12-16(13(2)22-19-12)8-9-17(21)20(3)11-15-6-4-14(10-18)5-7-15/h4-7H,8-9,11H2,1-3H3. The topological polar surface area (TPSA) is 70.1 Å². The Bertz CT molecular complexity index is 676. The van der Waals surface area contributed by atoms with Gasteiger partial charge in [0.1, 0.15) is 5.76 Å². The fourth-order valence-corrected chi connectivity index (χ4v) is 2.33. The SMILES string of the molecule is Cc1noc(C)c1CCC(=O)N(C)Cc1ccc(C#N)cc1. The van der Waals surface area contributed by atoms with Crippen LogP contribution in [0, 0.1) is 25.2 Å². The van der Waals surface area contributed by atoms with E-state index in [0.29, 0.717) is 24.9 Å². The predicted octanol–water partition coefficient (Wildman–Crippen LogP) is 2.75. The lowest BCUT2D eigenvalue weighted by Crippen LogP contribution is -2.26. The van der Waals surface area contributed by atoms with Gasteiger partial charge in [-0.3, -0.25) is 4.79 Å². The fraction of sp³-hybridized carbons (Fsp3) is 0.353. The Balaban J connectivity index is 1.90. The maximum atomic E-state index is 12.2. The van der Waals surface area contributed by atoms with Gasteiger partial charge in [0.05, 0.1) is 17.3 Å². The first-order chi connectivity index (χ1) is 10.5. The number of carbonyl (C=O) groups excluding carboxylic acids is 1. The summed E-state index contributed by atoms with van der Waals surface area (Å²) < 4.78 is 5.10. The summed E-state index contributed by atoms with van der Waals surface area (Å²) >= 11 is 0. The van der Waals surface area contributed by atoms with Gasteiger partial charge in [-0.2, -0.15) is 5.26 Å². The van der Waals surface area contributed by atoms with Gasteiger partial charge in [-0.1, -0.05) is 17.3 Å². The second kappa shape index (κ2) is 6.90. The highest BCUT2D eigenvalue weighted by Gasteiger charge is 2.14. The molecule has 0 fully saturated rings. The van der Waals surface area contributed by atoms with E-state index >= 15 is 0 Å². The molecule has 22 heavy (non-hydrogen) atoms. The normalized spacial score (nSPS) is 10.3. The third-order valence-electron chi connectivity index (χ3n) is 3.70. The molecule has 2 aromatic rings. The molecule has 0 aliphatic heterocycles. The summed E-state index contributed by atoms with van der Waals surface area (Å²) in [6.07, 6.45) is 1.06. The van der Waals surface area contributed by atoms with Crippen molar-refractivity contribution in [1.29, 1.82) is 5.26 Å². The third-order valence-corrected chi connectivity index (χ3v) is 3.70. The molecule has 0 radical (unpaired) electrons. The van der Waals surface area contributed by atoms with Gasteiger partial charge in [0.15, 0.2) is 0 Å². The van der Waals surface area contributed by atoms with Crippen molar-refractivity contribution in [3.63, 3.8) is 0 Å². The van der Waals surface area contributed by atoms with Crippen molar-refractivity contribution in [2.75, 3.05) is 7.05 Å². The van der Waals surface area contributed by atoms with Crippen LogP contribution in [-0.2, 0) is 17.8 Å². The van der Waals surface area contributed by atoms with E-state index < -0.39 is 0 Å². The molecule has 1 aromatic carbocycles. The molecule has 5 heteroatoms. The molecule has 0 saturated carbocycles. The summed E-state index contributed by atoms with van der Waals surface area (Å²) in [5.41, 5.74) is 3.49. The van der Waals surface area contributed by atoms with Crippen molar-refractivity contribution in [1.82, 2.24) is 10.1 Å². The molecule has 0 unspecified atom stereocenters. The number of benzene rings is 1. The van der Waals surface area contributed by atoms with E-state index in [4.69, 9.17) is 9.78 Å². The molecule has 0 aliphatic rings. The van der Waals surface area contributed by atoms with Crippen LogP contribution in [0.5, 0.6) is 0 Å². The van der Waals surface area contributed by atoms with E-state index in [1.165, 1.54) is 0 Å². The van der Waals surface area contributed by atoms with E-state index in [1.54, 1.807) is 24.1 Å². The smallest absolute Gasteiger partial charge is 0.222 e. The first-order valence-electron chi connectivity index (χ1n) is 7.16. The van der Waals surface area contributed by atoms with Crippen LogP contribution < -0.4 is 0 Å². The van der Waals surface area contributed by atoms with Crippen molar-refractivity contribution in [3.8, 4) is 6.07 Å². The average molecular weight is 297 g/mol. The van der Waals surface area contributed by atoms with Gasteiger partial charge in [-0.25, -0.2) is 0 Å². The van der Waals surface area contributed by atoms with Gasteiger partial charge in [0.25, 0.3) is 0 Å². The number of aryl methyl sites for hydroxylation is 2. The molecule has 0 bridgehead atoms. The van der Waals surface area contributed by atoms with Crippen LogP contribution in [-0.4, -0.2) is 23.0 Å². The average Bonchev–Trinajstić information content (AvgIpc) is 2.84. The van der Waals surface area contributed by atoms with Crippen LogP contribution in [0.3, 0.4) is 0 Å². The van der Waals surface area contributed by atoms with E-state index in [1.807, 2.05) is 26.0 Å². The number of nitriles is 1. The molecular formula is C17H19N3O2. The molecule has 0 atom stereocenters. The van der Waals surface area contributed by atoms with Crippen LogP contribution in [0.2, 0.25) is 0 Å². The first kappa shape index (κ1) is 15.8. The van der Waals surface area contributed by atoms with Crippen LogP contribution in [0.25, 0.3) is 0 Å². The number of nitrogens with zero attached hydrogens (tertiary/aromatic N) is 3. The lowest BCUT2D eigenvalue weighted by atomic mass is 10.1. The van der Waals surface area contributed by atoms with Gasteiger partial charge >= 0.3 is 0 Å². The largest absolute Gasteiger partial charge is 0.361 e. The van der Waals surface area contributed by atoms with Crippen molar-refractivity contribution in [2.24, 2.45) is 0 Å². The minimum Gasteiger partial charge on any atom is -0.361 e. The van der Waals surface area contributed by atoms with E-state index in [-0.39, 0.29) is 5.91 Å². The zero-order chi connectivity index (χ0) is 16.1. The second-order valence-electron chi connectivity index (χ2n) is 5.36. The summed E-state index contributed by atoms with van der Waals surface area (Å²) in [6, 6.07) is 9.35. The van der Waals surface area contributed by atoms with Crippen molar-refractivity contribution >= 4 is 5.91 Å². The van der Waals surface area contributed by atoms with Gasteiger partial charge in [-0.05, 0) is 38.0 Å². The molecule has 2 rings (SSSR count). The molecule has 5 nitrogen and oxygen atoms in total. The molecule has 0 aliphatic carbocycles. The zero-order valence-electron chi connectivity index (χ0n) is 13.1. The predicted molar refractivity (Wildman–Crippen MR) is 81.9 cm³/mol. The summed E-state index contributed by atoms with van der Waals surface area (Å²) in [5, 5.41) is 12.7. The van der Waals surface area contributed by atoms with E-state index in [9.17, 15) is 4.79 Å². The van der Waals surface area contributed by atoms with Gasteiger partial charge in [-0.15, -0.1) is 0 Å². The Hall–Kier alpha value is -2.61. The lowest BCUT2D eigenvalue weighted by molar-refractivity contribution is -0.130. The number of aromatic nitrogens is 1. The molecule has 0 spiro atoms. The maximum Gasteiger partial charge on any atom is 0.222 e. The van der Waals surface area contributed by atoms with Gasteiger partial charge < -0.3 is 9.42 Å². The van der Waals surface area contributed by atoms with Crippen molar-refractivity contribution in [3.05, 3.63) is 52.4 Å². The number of rotatable bonds is 5. The van der Waals surface area contributed by atoms with E-state index in [0.717, 1.165) is 22.6 Å². The number of hydrogen-bond acceptors (Lipinski definition) is 4. The lowest BCUT2D eigenvalue weighted by Gasteiger charge is -2.17. The summed E-state index contributed by atoms with van der Waals surface area (Å²) in [4.78, 5) is 13.9. The molecule has 1 aromatic heterocycles. The van der Waals surface area contributed by atoms with Crippen molar-refractivity contribution < 1.29 is 9.32 Å². The molecule has 0 saturated heterocycles. The first-order valence-corrected chi connectivity index (χ1v) is 7.16. The molecule has 1 heterocycles. The molecule has 1 amide bonds. The minimum atomic E-state index is 0.0735. The third kappa shape index (κ3) is 3.73. The Labute approximate surface area is 130 Å².